The molecule has 4 heteroatoms. The van der Waals surface area contributed by atoms with E-state index < -0.39 is 0 Å². The van der Waals surface area contributed by atoms with Crippen molar-refractivity contribution in [2.24, 2.45) is 17.1 Å². The van der Waals surface area contributed by atoms with Crippen LogP contribution in [-0.2, 0) is 22.4 Å². The van der Waals surface area contributed by atoms with Crippen LogP contribution in [0.15, 0.2) is 24.3 Å². The second-order valence-corrected chi connectivity index (χ2v) is 7.28. The van der Waals surface area contributed by atoms with E-state index in [0.717, 1.165) is 45.1 Å². The predicted octanol–water partition coefficient (Wildman–Crippen LogP) is 2.34. The molecule has 1 saturated heterocycles. The fourth-order valence-electron chi connectivity index (χ4n) is 4.07. The molecule has 1 aliphatic heterocycles. The van der Waals surface area contributed by atoms with Crippen LogP contribution < -0.4 is 11.1 Å². The summed E-state index contributed by atoms with van der Waals surface area (Å²) in [6, 6.07) is 8.52. The third-order valence-electron chi connectivity index (χ3n) is 5.49. The number of primary amides is 1. The van der Waals surface area contributed by atoms with Crippen LogP contribution in [0.3, 0.4) is 0 Å². The van der Waals surface area contributed by atoms with Gasteiger partial charge in [0.2, 0.25) is 11.8 Å². The minimum Gasteiger partial charge on any atom is -0.369 e. The maximum absolute atomic E-state index is 12.0. The van der Waals surface area contributed by atoms with Gasteiger partial charge in [-0.15, -0.1) is 0 Å². The molecule has 0 spiro atoms. The van der Waals surface area contributed by atoms with E-state index in [9.17, 15) is 9.59 Å². The molecule has 0 aromatic heterocycles. The van der Waals surface area contributed by atoms with Gasteiger partial charge in [-0.05, 0) is 42.7 Å². The van der Waals surface area contributed by atoms with Gasteiger partial charge in [0.05, 0.1) is 5.41 Å². The number of nitrogens with one attached hydrogen (secondary N) is 1. The average Bonchev–Trinajstić information content (AvgIpc) is 2.95. The molecule has 23 heavy (non-hydrogen) atoms. The normalized spacial score (nSPS) is 23.5. The number of carbonyl (C=O) groups is 2. The van der Waals surface area contributed by atoms with Gasteiger partial charge in [0.15, 0.2) is 0 Å². The molecule has 1 aliphatic carbocycles. The Labute approximate surface area is 137 Å². The summed E-state index contributed by atoms with van der Waals surface area (Å²) >= 11 is 0. The van der Waals surface area contributed by atoms with Crippen LogP contribution in [0.5, 0.6) is 0 Å². The Morgan fingerprint density at radius 3 is 2.35 bits per heavy atom. The Morgan fingerprint density at radius 1 is 1.13 bits per heavy atom. The van der Waals surface area contributed by atoms with Crippen molar-refractivity contribution >= 4 is 11.8 Å². The van der Waals surface area contributed by atoms with Crippen LogP contribution in [0.4, 0.5) is 0 Å². The number of nitrogens with two attached hydrogens (primary N) is 1. The fourth-order valence-corrected chi connectivity index (χ4v) is 4.07. The van der Waals surface area contributed by atoms with Crippen molar-refractivity contribution in [3.05, 3.63) is 35.4 Å². The molecule has 4 nitrogen and oxygen atoms in total. The number of hydrogen-bond donors (Lipinski definition) is 2. The molecule has 3 N–H and O–H groups in total. The molecule has 1 atom stereocenters. The molecule has 1 saturated carbocycles. The summed E-state index contributed by atoms with van der Waals surface area (Å²) in [5.74, 6) is 0.424. The molecular weight excluding hydrogens is 288 g/mol. The van der Waals surface area contributed by atoms with Crippen LogP contribution in [-0.4, -0.2) is 18.4 Å². The van der Waals surface area contributed by atoms with E-state index in [0.29, 0.717) is 12.3 Å². The molecule has 1 heterocycles. The average molecular weight is 314 g/mol. The highest BCUT2D eigenvalue weighted by Crippen LogP contribution is 2.39. The Bertz CT molecular complexity index is 574. The molecule has 0 radical (unpaired) electrons. The molecule has 1 aromatic carbocycles. The fraction of sp³-hybridized carbons (Fsp3) is 0.579. The van der Waals surface area contributed by atoms with Crippen molar-refractivity contribution in [2.45, 2.75) is 51.4 Å². The summed E-state index contributed by atoms with van der Waals surface area (Å²) < 4.78 is 0. The van der Waals surface area contributed by atoms with Crippen LogP contribution in [0.2, 0.25) is 0 Å². The van der Waals surface area contributed by atoms with Gasteiger partial charge in [-0.2, -0.15) is 0 Å². The first-order chi connectivity index (χ1) is 11.1. The molecule has 2 fully saturated rings. The highest BCUT2D eigenvalue weighted by molar-refractivity contribution is 5.81. The SMILES string of the molecule is NC(=O)C1(Cc2ccc(C[C@H]3CNC(=O)C3)cc2)CCCCC1. The van der Waals surface area contributed by atoms with E-state index in [1.54, 1.807) is 0 Å². The van der Waals surface area contributed by atoms with E-state index in [4.69, 9.17) is 5.73 Å². The topological polar surface area (TPSA) is 72.2 Å². The van der Waals surface area contributed by atoms with Crippen molar-refractivity contribution in [2.75, 3.05) is 6.54 Å². The van der Waals surface area contributed by atoms with Crippen molar-refractivity contribution < 1.29 is 9.59 Å². The Balaban J connectivity index is 1.64. The number of hydrogen-bond acceptors (Lipinski definition) is 2. The minimum atomic E-state index is -0.346. The summed E-state index contributed by atoms with van der Waals surface area (Å²) in [6.45, 7) is 0.783. The van der Waals surface area contributed by atoms with Gasteiger partial charge in [0.1, 0.15) is 0 Å². The Kier molecular flexibility index (Phi) is 4.69. The molecule has 1 aromatic rings. The lowest BCUT2D eigenvalue weighted by Crippen LogP contribution is -2.40. The van der Waals surface area contributed by atoms with Gasteiger partial charge in [-0.25, -0.2) is 0 Å². The lowest BCUT2D eigenvalue weighted by molar-refractivity contribution is -0.129. The van der Waals surface area contributed by atoms with E-state index >= 15 is 0 Å². The second-order valence-electron chi connectivity index (χ2n) is 7.28. The van der Waals surface area contributed by atoms with Crippen molar-refractivity contribution in [3.63, 3.8) is 0 Å². The molecule has 3 rings (SSSR count). The van der Waals surface area contributed by atoms with E-state index in [1.807, 2.05) is 0 Å². The maximum Gasteiger partial charge on any atom is 0.223 e. The monoisotopic (exact) mass is 314 g/mol. The van der Waals surface area contributed by atoms with E-state index in [1.165, 1.54) is 17.5 Å². The van der Waals surface area contributed by atoms with E-state index in [-0.39, 0.29) is 17.2 Å². The molecule has 0 bridgehead atoms. The van der Waals surface area contributed by atoms with Gasteiger partial charge in [-0.1, -0.05) is 43.5 Å². The third kappa shape index (κ3) is 3.74. The van der Waals surface area contributed by atoms with Crippen LogP contribution in [0.25, 0.3) is 0 Å². The lowest BCUT2D eigenvalue weighted by atomic mass is 9.70. The highest BCUT2D eigenvalue weighted by atomic mass is 16.2. The zero-order valence-electron chi connectivity index (χ0n) is 13.6. The minimum absolute atomic E-state index is 0.142. The summed E-state index contributed by atoms with van der Waals surface area (Å²) in [4.78, 5) is 23.3. The van der Waals surface area contributed by atoms with Gasteiger partial charge in [0, 0.05) is 13.0 Å². The van der Waals surface area contributed by atoms with Gasteiger partial charge in [-0.3, -0.25) is 9.59 Å². The first-order valence-electron chi connectivity index (χ1n) is 8.72. The Hall–Kier alpha value is -1.84. The summed E-state index contributed by atoms with van der Waals surface area (Å²) in [5.41, 5.74) is 7.82. The maximum atomic E-state index is 12.0. The molecule has 0 unspecified atom stereocenters. The van der Waals surface area contributed by atoms with Crippen LogP contribution >= 0.6 is 0 Å². The lowest BCUT2D eigenvalue weighted by Gasteiger charge is -2.34. The third-order valence-corrected chi connectivity index (χ3v) is 5.49. The largest absolute Gasteiger partial charge is 0.369 e. The quantitative estimate of drug-likeness (QED) is 0.875. The summed E-state index contributed by atoms with van der Waals surface area (Å²) in [7, 11) is 0. The van der Waals surface area contributed by atoms with Gasteiger partial charge in [0.25, 0.3) is 0 Å². The van der Waals surface area contributed by atoms with Crippen LogP contribution in [0.1, 0.15) is 49.7 Å². The number of rotatable bonds is 5. The van der Waals surface area contributed by atoms with Crippen molar-refractivity contribution in [1.82, 2.24) is 5.32 Å². The predicted molar refractivity (Wildman–Crippen MR) is 89.7 cm³/mol. The second kappa shape index (κ2) is 6.73. The molecule has 2 amide bonds. The first kappa shape index (κ1) is 16.0. The van der Waals surface area contributed by atoms with Crippen molar-refractivity contribution in [1.29, 1.82) is 0 Å². The van der Waals surface area contributed by atoms with Crippen LogP contribution in [0, 0.1) is 11.3 Å². The zero-order valence-corrected chi connectivity index (χ0v) is 13.6. The summed E-state index contributed by atoms with van der Waals surface area (Å²) in [6.07, 6.45) is 7.56. The standard InChI is InChI=1S/C19H26N2O2/c20-18(23)19(8-2-1-3-9-19)12-15-6-4-14(5-7-15)10-16-11-17(22)21-13-16/h4-7,16H,1-3,8-13H2,(H2,20,23)(H,21,22)/t16-/m1/s1. The highest BCUT2D eigenvalue weighted by Gasteiger charge is 2.37. The zero-order chi connectivity index (χ0) is 16.3. The number of carbonyl (C=O) groups excluding carboxylic acids is 2. The molecule has 124 valence electrons. The smallest absolute Gasteiger partial charge is 0.223 e. The van der Waals surface area contributed by atoms with Crippen molar-refractivity contribution in [3.8, 4) is 0 Å². The Morgan fingerprint density at radius 2 is 1.78 bits per heavy atom. The number of amides is 2. The van der Waals surface area contributed by atoms with Gasteiger partial charge < -0.3 is 11.1 Å². The van der Waals surface area contributed by atoms with Gasteiger partial charge >= 0.3 is 0 Å². The number of benzene rings is 1. The first-order valence-corrected chi connectivity index (χ1v) is 8.72. The summed E-state index contributed by atoms with van der Waals surface area (Å²) in [5, 5.41) is 2.88. The van der Waals surface area contributed by atoms with E-state index in [2.05, 4.69) is 29.6 Å². The molecular formula is C19H26N2O2. The molecule has 2 aliphatic rings.